The Balaban J connectivity index is 5.40. The first-order valence-electron chi connectivity index (χ1n) is 41.1. The normalized spacial score (nSPS) is 14.6. The molecule has 0 radical (unpaired) electrons. The van der Waals surface area contributed by atoms with Crippen LogP contribution in [0.15, 0.2) is 146 Å². The van der Waals surface area contributed by atoms with Crippen molar-refractivity contribution in [3.8, 4) is 0 Å². The van der Waals surface area contributed by atoms with Crippen molar-refractivity contribution in [2.24, 2.45) is 0 Å². The van der Waals surface area contributed by atoms with Crippen LogP contribution in [0.5, 0.6) is 0 Å². The molecule has 0 saturated heterocycles. The van der Waals surface area contributed by atoms with Gasteiger partial charge in [-0.2, -0.15) is 0 Å². The summed E-state index contributed by atoms with van der Waals surface area (Å²) < 4.78 is 68.7. The van der Waals surface area contributed by atoms with Crippen LogP contribution in [-0.2, 0) is 65.4 Å². The van der Waals surface area contributed by atoms with Crippen LogP contribution in [0.3, 0.4) is 0 Å². The monoisotopic (exact) mass is 1530 g/mol. The number of rotatable bonds is 76. The Bertz CT molecular complexity index is 2580. The molecule has 0 aromatic heterocycles. The Morgan fingerprint density at radius 3 is 0.764 bits per heavy atom. The van der Waals surface area contributed by atoms with Crippen molar-refractivity contribution in [1.29, 1.82) is 0 Å². The van der Waals surface area contributed by atoms with Gasteiger partial charge in [0.15, 0.2) is 12.2 Å². The maximum absolute atomic E-state index is 13.1. The van der Waals surface area contributed by atoms with Gasteiger partial charge >= 0.3 is 39.5 Å². The van der Waals surface area contributed by atoms with Gasteiger partial charge in [-0.25, -0.2) is 9.13 Å². The van der Waals surface area contributed by atoms with Crippen molar-refractivity contribution in [2.45, 2.75) is 341 Å². The molecule has 19 heteroatoms. The molecule has 5 unspecified atom stereocenters. The molecule has 0 rings (SSSR count). The third kappa shape index (κ3) is 77.1. The zero-order valence-electron chi connectivity index (χ0n) is 66.3. The van der Waals surface area contributed by atoms with E-state index in [1.165, 1.54) is 51.4 Å². The summed E-state index contributed by atoms with van der Waals surface area (Å²) in [6.07, 6.45) is 89.6. The van der Waals surface area contributed by atoms with Gasteiger partial charge in [0.2, 0.25) is 0 Å². The van der Waals surface area contributed by atoms with Crippen LogP contribution in [0, 0.1) is 0 Å². The number of hydrogen-bond donors (Lipinski definition) is 3. The van der Waals surface area contributed by atoms with Crippen molar-refractivity contribution in [1.82, 2.24) is 0 Å². The number of aliphatic hydroxyl groups excluding tert-OH is 1. The van der Waals surface area contributed by atoms with Gasteiger partial charge in [-0.3, -0.25) is 37.3 Å². The molecule has 106 heavy (non-hydrogen) atoms. The third-order valence-electron chi connectivity index (χ3n) is 16.8. The van der Waals surface area contributed by atoms with Crippen LogP contribution in [0.4, 0.5) is 0 Å². The summed E-state index contributed by atoms with van der Waals surface area (Å²) in [5.74, 6) is -2.24. The average molecular weight is 1530 g/mol. The molecular weight excluding hydrogens is 1380 g/mol. The van der Waals surface area contributed by atoms with E-state index in [0.29, 0.717) is 25.7 Å². The predicted molar refractivity (Wildman–Crippen MR) is 436 cm³/mol. The number of phosphoric acid groups is 2. The van der Waals surface area contributed by atoms with Crippen LogP contribution in [0.1, 0.15) is 323 Å². The number of carbonyl (C=O) groups excluding carboxylic acids is 4. The smallest absolute Gasteiger partial charge is 0.462 e. The summed E-state index contributed by atoms with van der Waals surface area (Å²) in [4.78, 5) is 73.1. The lowest BCUT2D eigenvalue weighted by Crippen LogP contribution is -2.30. The zero-order valence-corrected chi connectivity index (χ0v) is 68.1. The number of carbonyl (C=O) groups is 4. The highest BCUT2D eigenvalue weighted by Crippen LogP contribution is 2.45. The highest BCUT2D eigenvalue weighted by molar-refractivity contribution is 7.47. The molecule has 5 atom stereocenters. The molecule has 0 saturated carbocycles. The Hall–Kier alpha value is -5.06. The first kappa shape index (κ1) is 101. The van der Waals surface area contributed by atoms with E-state index in [1.807, 2.05) is 0 Å². The maximum Gasteiger partial charge on any atom is 0.472 e. The first-order valence-corrected chi connectivity index (χ1v) is 44.1. The number of esters is 4. The van der Waals surface area contributed by atoms with Crippen molar-refractivity contribution >= 4 is 39.5 Å². The lowest BCUT2D eigenvalue weighted by atomic mass is 10.0. The molecule has 0 aromatic carbocycles. The van der Waals surface area contributed by atoms with E-state index in [4.69, 9.17) is 37.0 Å². The molecule has 0 spiro atoms. The largest absolute Gasteiger partial charge is 0.472 e. The lowest BCUT2D eigenvalue weighted by Gasteiger charge is -2.21. The van der Waals surface area contributed by atoms with Crippen LogP contribution in [-0.4, -0.2) is 96.7 Å². The molecule has 0 fully saturated rings. The number of hydrogen-bond acceptors (Lipinski definition) is 15. The maximum atomic E-state index is 13.1. The molecular formula is C87H146O17P2. The molecule has 0 aliphatic rings. The Morgan fingerprint density at radius 1 is 0.274 bits per heavy atom. The van der Waals surface area contributed by atoms with Gasteiger partial charge in [0.05, 0.1) is 26.4 Å². The number of aliphatic hydroxyl groups is 1. The molecule has 0 aromatic rings. The Kier molecular flexibility index (Phi) is 74.3. The van der Waals surface area contributed by atoms with Crippen molar-refractivity contribution < 1.29 is 80.2 Å². The standard InChI is InChI=1S/C87H146O17P2/c1-5-9-13-17-21-25-29-33-36-38-40-42-45-48-51-55-59-63-67-71-84(89)97-77-82(103-86(91)73-69-65-61-57-53-47-32-28-24-20-16-12-8-4)79-101-105(93,94)99-75-81(88)76-100-106(95,96)102-80-83(104-87(92)74-70-66-62-58-54-50-44-35-31-27-23-19-15-11-7-3)78-98-85(90)72-68-64-60-56-52-49-46-43-41-39-37-34-30-26-22-18-14-10-6-2/h9-11,13-15,21-23,25-27,33-37,40-44,48,51,81-83,88H,5-8,12,16-20,24,28-32,38-39,45-47,49-50,52-80H2,1-4H3,(H,93,94)(H,95,96)/b13-9-,14-10-,15-11-,25-21-,26-22-,27-23-,36-33-,37-34-,42-40-,43-41-,44-35-,51-48-. The quantitative estimate of drug-likeness (QED) is 0.0169. The fraction of sp³-hybridized carbons (Fsp3) is 0.678. The average Bonchev–Trinajstić information content (AvgIpc) is 0.901. The van der Waals surface area contributed by atoms with E-state index in [0.717, 1.165) is 193 Å². The number of unbranched alkanes of at least 4 members (excludes halogenated alkanes) is 26. The summed E-state index contributed by atoms with van der Waals surface area (Å²) in [6, 6.07) is 0. The summed E-state index contributed by atoms with van der Waals surface area (Å²) >= 11 is 0. The van der Waals surface area contributed by atoms with Gasteiger partial charge in [-0.1, -0.05) is 302 Å². The third-order valence-corrected chi connectivity index (χ3v) is 18.7. The van der Waals surface area contributed by atoms with Crippen LogP contribution in [0.2, 0.25) is 0 Å². The minimum atomic E-state index is -4.99. The van der Waals surface area contributed by atoms with Gasteiger partial charge in [0.1, 0.15) is 19.3 Å². The van der Waals surface area contributed by atoms with Gasteiger partial charge in [-0.05, 0) is 141 Å². The zero-order chi connectivity index (χ0) is 77.4. The molecule has 606 valence electrons. The van der Waals surface area contributed by atoms with Crippen molar-refractivity contribution in [3.05, 3.63) is 146 Å². The van der Waals surface area contributed by atoms with E-state index in [9.17, 15) is 43.2 Å². The Labute approximate surface area is 643 Å². The SMILES string of the molecule is CC/C=C\C/C=C\C/C=C\C/C=C\C/C=C\CCCCCC(=O)OCC(COP(=O)(O)OCC(O)COP(=O)(O)OCC(COC(=O)CCCCCCCC/C=C\C/C=C\C/C=C\C/C=C\CC)OC(=O)CCCCCCC/C=C\C/C=C\C/C=C\CC)OC(=O)CCCCCCCCCCCCCCC. The van der Waals surface area contributed by atoms with Crippen molar-refractivity contribution in [3.63, 3.8) is 0 Å². The van der Waals surface area contributed by atoms with Crippen LogP contribution in [0.25, 0.3) is 0 Å². The lowest BCUT2D eigenvalue weighted by molar-refractivity contribution is -0.161. The summed E-state index contributed by atoms with van der Waals surface area (Å²) in [5.41, 5.74) is 0. The molecule has 17 nitrogen and oxygen atoms in total. The Morgan fingerprint density at radius 2 is 0.491 bits per heavy atom. The van der Waals surface area contributed by atoms with Gasteiger partial charge in [-0.15, -0.1) is 0 Å². The van der Waals surface area contributed by atoms with Gasteiger partial charge in [0.25, 0.3) is 0 Å². The van der Waals surface area contributed by atoms with E-state index in [2.05, 4.69) is 174 Å². The van der Waals surface area contributed by atoms with Crippen molar-refractivity contribution in [2.75, 3.05) is 39.6 Å². The second-order valence-electron chi connectivity index (χ2n) is 26.9. The second kappa shape index (κ2) is 78.1. The fourth-order valence-electron chi connectivity index (χ4n) is 10.7. The molecule has 0 aliphatic heterocycles. The molecule has 3 N–H and O–H groups in total. The second-order valence-corrected chi connectivity index (χ2v) is 29.8. The predicted octanol–water partition coefficient (Wildman–Crippen LogP) is 24.2. The molecule has 0 aliphatic carbocycles. The van der Waals surface area contributed by atoms with E-state index >= 15 is 0 Å². The van der Waals surface area contributed by atoms with Gasteiger partial charge < -0.3 is 33.8 Å². The number of phosphoric ester groups is 2. The summed E-state index contributed by atoms with van der Waals surface area (Å²) in [5, 5.41) is 10.7. The highest BCUT2D eigenvalue weighted by Gasteiger charge is 2.30. The number of allylic oxidation sites excluding steroid dienone is 24. The van der Waals surface area contributed by atoms with E-state index in [1.54, 1.807) is 0 Å². The fourth-order valence-corrected chi connectivity index (χ4v) is 12.2. The molecule has 0 amide bonds. The molecule has 0 bridgehead atoms. The number of ether oxygens (including phenoxy) is 4. The first-order chi connectivity index (χ1) is 51.7. The van der Waals surface area contributed by atoms with Crippen LogP contribution < -0.4 is 0 Å². The topological polar surface area (TPSA) is 237 Å². The van der Waals surface area contributed by atoms with Crippen LogP contribution >= 0.6 is 15.6 Å². The van der Waals surface area contributed by atoms with Gasteiger partial charge in [0, 0.05) is 25.7 Å². The highest BCUT2D eigenvalue weighted by atomic mass is 31.2. The minimum absolute atomic E-state index is 0.0680. The molecule has 0 heterocycles. The minimum Gasteiger partial charge on any atom is -0.462 e. The van der Waals surface area contributed by atoms with E-state index < -0.39 is 97.5 Å². The summed E-state index contributed by atoms with van der Waals surface area (Å²) in [7, 11) is -9.98. The summed E-state index contributed by atoms with van der Waals surface area (Å²) in [6.45, 7) is 4.49. The van der Waals surface area contributed by atoms with E-state index in [-0.39, 0.29) is 25.7 Å².